The van der Waals surface area contributed by atoms with E-state index in [1.807, 2.05) is 48.5 Å². The van der Waals surface area contributed by atoms with E-state index in [9.17, 15) is 0 Å². The minimum Gasteiger partial charge on any atom is -0.457 e. The number of thiophene rings is 1. The van der Waals surface area contributed by atoms with Crippen molar-refractivity contribution >= 4 is 17.0 Å². The summed E-state index contributed by atoms with van der Waals surface area (Å²) < 4.78 is 5.85. The van der Waals surface area contributed by atoms with Gasteiger partial charge in [0.25, 0.3) is 0 Å². The van der Waals surface area contributed by atoms with E-state index >= 15 is 0 Å². The van der Waals surface area contributed by atoms with Crippen molar-refractivity contribution in [3.05, 3.63) is 77.0 Å². The Morgan fingerprint density at radius 2 is 1.76 bits per heavy atom. The van der Waals surface area contributed by atoms with Gasteiger partial charge in [-0.3, -0.25) is 0 Å². The zero-order valence-electron chi connectivity index (χ0n) is 11.8. The normalized spacial score (nSPS) is 11.9. The van der Waals surface area contributed by atoms with Crippen LogP contribution in [-0.4, -0.2) is 0 Å². The number of hydrogen-bond donors (Lipinski definition) is 1. The standard InChI is InChI=1S/C18H17NOS/c1-14(15-10-11-21-13-15)19-16-6-5-9-18(12-16)20-17-7-3-2-4-8-17/h2-14,19H,1H3. The summed E-state index contributed by atoms with van der Waals surface area (Å²) >= 11 is 1.72. The van der Waals surface area contributed by atoms with Crippen molar-refractivity contribution in [3.63, 3.8) is 0 Å². The van der Waals surface area contributed by atoms with Gasteiger partial charge in [-0.2, -0.15) is 11.3 Å². The zero-order chi connectivity index (χ0) is 14.5. The highest BCUT2D eigenvalue weighted by Gasteiger charge is 2.06. The Bertz CT molecular complexity index is 679. The van der Waals surface area contributed by atoms with Crippen LogP contribution in [0.3, 0.4) is 0 Å². The molecule has 0 aliphatic rings. The summed E-state index contributed by atoms with van der Waals surface area (Å²) in [6.45, 7) is 2.16. The van der Waals surface area contributed by atoms with Crippen LogP contribution in [0.25, 0.3) is 0 Å². The molecule has 2 aromatic carbocycles. The fourth-order valence-electron chi connectivity index (χ4n) is 2.13. The molecule has 1 N–H and O–H groups in total. The summed E-state index contributed by atoms with van der Waals surface area (Å²) in [7, 11) is 0. The summed E-state index contributed by atoms with van der Waals surface area (Å²) in [6, 6.07) is 20.3. The van der Waals surface area contributed by atoms with Gasteiger partial charge in [0.1, 0.15) is 11.5 Å². The van der Waals surface area contributed by atoms with Crippen molar-refractivity contribution in [2.24, 2.45) is 0 Å². The molecule has 2 nitrogen and oxygen atoms in total. The van der Waals surface area contributed by atoms with Gasteiger partial charge in [0.2, 0.25) is 0 Å². The number of nitrogens with one attached hydrogen (secondary N) is 1. The second-order valence-corrected chi connectivity index (χ2v) is 5.65. The lowest BCUT2D eigenvalue weighted by Crippen LogP contribution is -2.05. The molecule has 3 aromatic rings. The van der Waals surface area contributed by atoms with Gasteiger partial charge in [0, 0.05) is 17.8 Å². The first-order valence-corrected chi connectivity index (χ1v) is 7.87. The predicted octanol–water partition coefficient (Wildman–Crippen LogP) is 5.71. The Hall–Kier alpha value is -2.26. The molecular weight excluding hydrogens is 278 g/mol. The molecule has 0 saturated heterocycles. The van der Waals surface area contributed by atoms with E-state index in [0.717, 1.165) is 17.2 Å². The van der Waals surface area contributed by atoms with Crippen LogP contribution in [0.1, 0.15) is 18.5 Å². The molecule has 0 radical (unpaired) electrons. The maximum absolute atomic E-state index is 5.85. The third-order valence-corrected chi connectivity index (χ3v) is 3.94. The van der Waals surface area contributed by atoms with Crippen LogP contribution in [0, 0.1) is 0 Å². The van der Waals surface area contributed by atoms with Crippen LogP contribution in [0.4, 0.5) is 5.69 Å². The third-order valence-electron chi connectivity index (χ3n) is 3.24. The summed E-state index contributed by atoms with van der Waals surface area (Å²) in [5, 5.41) is 7.77. The summed E-state index contributed by atoms with van der Waals surface area (Å²) in [4.78, 5) is 0. The average molecular weight is 295 g/mol. The molecule has 0 saturated carbocycles. The molecule has 3 heteroatoms. The summed E-state index contributed by atoms with van der Waals surface area (Å²) in [5.74, 6) is 1.68. The quantitative estimate of drug-likeness (QED) is 0.650. The van der Waals surface area contributed by atoms with Crippen LogP contribution >= 0.6 is 11.3 Å². The van der Waals surface area contributed by atoms with Crippen molar-refractivity contribution in [1.82, 2.24) is 0 Å². The Labute approximate surface area is 129 Å². The molecule has 21 heavy (non-hydrogen) atoms. The minimum absolute atomic E-state index is 0.281. The van der Waals surface area contributed by atoms with Gasteiger partial charge in [0.05, 0.1) is 0 Å². The molecular formula is C18H17NOS. The number of ether oxygens (including phenoxy) is 1. The van der Waals surface area contributed by atoms with Crippen LogP contribution in [0.15, 0.2) is 71.4 Å². The maximum Gasteiger partial charge on any atom is 0.129 e. The molecule has 1 aromatic heterocycles. The molecule has 106 valence electrons. The van der Waals surface area contributed by atoms with E-state index in [0.29, 0.717) is 0 Å². The third kappa shape index (κ3) is 3.64. The first-order valence-electron chi connectivity index (χ1n) is 6.93. The van der Waals surface area contributed by atoms with E-state index in [-0.39, 0.29) is 6.04 Å². The van der Waals surface area contributed by atoms with Gasteiger partial charge in [0.15, 0.2) is 0 Å². The van der Waals surface area contributed by atoms with Gasteiger partial charge in [-0.15, -0.1) is 0 Å². The number of hydrogen-bond acceptors (Lipinski definition) is 3. The number of para-hydroxylation sites is 1. The van der Waals surface area contributed by atoms with Crippen molar-refractivity contribution in [2.45, 2.75) is 13.0 Å². The highest BCUT2D eigenvalue weighted by atomic mass is 32.1. The van der Waals surface area contributed by atoms with Crippen LogP contribution in [0.5, 0.6) is 11.5 Å². The highest BCUT2D eigenvalue weighted by Crippen LogP contribution is 2.26. The first-order chi connectivity index (χ1) is 10.3. The Kier molecular flexibility index (Phi) is 4.22. The number of benzene rings is 2. The molecule has 0 aliphatic heterocycles. The van der Waals surface area contributed by atoms with E-state index in [1.54, 1.807) is 11.3 Å². The fourth-order valence-corrected chi connectivity index (χ4v) is 2.88. The zero-order valence-corrected chi connectivity index (χ0v) is 12.6. The Morgan fingerprint density at radius 3 is 2.52 bits per heavy atom. The van der Waals surface area contributed by atoms with Gasteiger partial charge < -0.3 is 10.1 Å². The summed E-state index contributed by atoms with van der Waals surface area (Å²) in [5.41, 5.74) is 2.36. The predicted molar refractivity (Wildman–Crippen MR) is 89.3 cm³/mol. The molecule has 1 heterocycles. The molecule has 1 unspecified atom stereocenters. The smallest absolute Gasteiger partial charge is 0.129 e. The molecule has 1 atom stereocenters. The van der Waals surface area contributed by atoms with E-state index in [4.69, 9.17) is 4.74 Å². The van der Waals surface area contributed by atoms with Crippen molar-refractivity contribution < 1.29 is 4.74 Å². The average Bonchev–Trinajstić information content (AvgIpc) is 3.03. The monoisotopic (exact) mass is 295 g/mol. The lowest BCUT2D eigenvalue weighted by molar-refractivity contribution is 0.483. The largest absolute Gasteiger partial charge is 0.457 e. The van der Waals surface area contributed by atoms with Gasteiger partial charge in [-0.1, -0.05) is 24.3 Å². The van der Waals surface area contributed by atoms with E-state index in [2.05, 4.69) is 35.1 Å². The molecule has 3 rings (SSSR count). The Balaban J connectivity index is 1.71. The van der Waals surface area contributed by atoms with Crippen LogP contribution < -0.4 is 10.1 Å². The molecule has 0 amide bonds. The second kappa shape index (κ2) is 6.46. The Morgan fingerprint density at radius 1 is 0.952 bits per heavy atom. The minimum atomic E-state index is 0.281. The van der Waals surface area contributed by atoms with Crippen LogP contribution in [-0.2, 0) is 0 Å². The SMILES string of the molecule is CC(Nc1cccc(Oc2ccccc2)c1)c1ccsc1. The van der Waals surface area contributed by atoms with Crippen molar-refractivity contribution in [2.75, 3.05) is 5.32 Å². The van der Waals surface area contributed by atoms with Crippen molar-refractivity contribution in [1.29, 1.82) is 0 Å². The van der Waals surface area contributed by atoms with Crippen LogP contribution in [0.2, 0.25) is 0 Å². The fraction of sp³-hybridized carbons (Fsp3) is 0.111. The number of anilines is 1. The molecule has 0 spiro atoms. The van der Waals surface area contributed by atoms with Gasteiger partial charge in [-0.25, -0.2) is 0 Å². The lowest BCUT2D eigenvalue weighted by atomic mass is 10.1. The van der Waals surface area contributed by atoms with E-state index in [1.165, 1.54) is 5.56 Å². The van der Waals surface area contributed by atoms with Crippen molar-refractivity contribution in [3.8, 4) is 11.5 Å². The molecule has 0 fully saturated rings. The highest BCUT2D eigenvalue weighted by molar-refractivity contribution is 7.07. The molecule has 0 bridgehead atoms. The topological polar surface area (TPSA) is 21.3 Å². The number of rotatable bonds is 5. The lowest BCUT2D eigenvalue weighted by Gasteiger charge is -2.15. The van der Waals surface area contributed by atoms with Gasteiger partial charge in [-0.05, 0) is 53.6 Å². The summed E-state index contributed by atoms with van der Waals surface area (Å²) in [6.07, 6.45) is 0. The van der Waals surface area contributed by atoms with Gasteiger partial charge >= 0.3 is 0 Å². The first kappa shape index (κ1) is 13.7. The van der Waals surface area contributed by atoms with E-state index < -0.39 is 0 Å². The maximum atomic E-state index is 5.85. The molecule has 0 aliphatic carbocycles. The second-order valence-electron chi connectivity index (χ2n) is 4.87.